The van der Waals surface area contributed by atoms with Gasteiger partial charge in [-0.15, -0.1) is 0 Å². The number of amides is 1. The van der Waals surface area contributed by atoms with E-state index < -0.39 is 33.8 Å². The lowest BCUT2D eigenvalue weighted by molar-refractivity contribution is -0.388. The minimum absolute atomic E-state index is 0.0364. The number of nitrogens with zero attached hydrogens (tertiary/aromatic N) is 1. The van der Waals surface area contributed by atoms with E-state index in [0.29, 0.717) is 6.07 Å². The maximum absolute atomic E-state index is 12.6. The van der Waals surface area contributed by atoms with E-state index in [1.165, 1.54) is 22.6 Å². The third-order valence-electron chi connectivity index (χ3n) is 1.83. The first-order chi connectivity index (χ1) is 7.64. The molecule has 9 heteroatoms. The first-order valence-electron chi connectivity index (χ1n) is 3.99. The first-order valence-corrected chi connectivity index (χ1v) is 5.07. The molecule has 0 fully saturated rings. The zero-order chi connectivity index (χ0) is 13.4. The van der Waals surface area contributed by atoms with E-state index in [2.05, 4.69) is 0 Å². The summed E-state index contributed by atoms with van der Waals surface area (Å²) >= 11 is 1.51. The van der Waals surface area contributed by atoms with E-state index in [9.17, 15) is 28.1 Å². The zero-order valence-corrected chi connectivity index (χ0v) is 10.1. The van der Waals surface area contributed by atoms with E-state index in [4.69, 9.17) is 5.73 Å². The van der Waals surface area contributed by atoms with Crippen molar-refractivity contribution in [1.29, 1.82) is 0 Å². The van der Waals surface area contributed by atoms with Gasteiger partial charge in [-0.3, -0.25) is 14.9 Å². The average Bonchev–Trinajstić information content (AvgIpc) is 2.14. The van der Waals surface area contributed by atoms with Crippen LogP contribution in [0.2, 0.25) is 0 Å². The number of nitro benzene ring substituents is 1. The minimum atomic E-state index is -4.92. The van der Waals surface area contributed by atoms with Crippen LogP contribution in [0.1, 0.15) is 15.9 Å². The van der Waals surface area contributed by atoms with Gasteiger partial charge in [-0.2, -0.15) is 13.2 Å². The number of alkyl halides is 3. The Bertz CT molecular complexity index is 502. The molecular weight excluding hydrogens is 356 g/mol. The molecule has 0 atom stereocenters. The molecule has 0 bridgehead atoms. The number of nitrogens with two attached hydrogens (primary N) is 1. The average molecular weight is 360 g/mol. The predicted octanol–water partition coefficient (Wildman–Crippen LogP) is 2.32. The number of carbonyl (C=O) groups is 1. The van der Waals surface area contributed by atoms with Gasteiger partial charge in [0.25, 0.3) is 11.6 Å². The van der Waals surface area contributed by atoms with E-state index in [1.807, 2.05) is 0 Å². The fourth-order valence-corrected chi connectivity index (χ4v) is 1.82. The fourth-order valence-electron chi connectivity index (χ4n) is 1.20. The predicted molar refractivity (Wildman–Crippen MR) is 59.3 cm³/mol. The van der Waals surface area contributed by atoms with Crippen LogP contribution in [0.4, 0.5) is 18.9 Å². The highest BCUT2D eigenvalue weighted by Crippen LogP contribution is 2.38. The van der Waals surface area contributed by atoms with Crippen LogP contribution in [0.25, 0.3) is 0 Å². The van der Waals surface area contributed by atoms with Crippen molar-refractivity contribution >= 4 is 34.2 Å². The molecule has 1 aromatic carbocycles. The second-order valence-corrected chi connectivity index (χ2v) is 4.21. The number of hydrogen-bond acceptors (Lipinski definition) is 3. The molecule has 0 aliphatic rings. The van der Waals surface area contributed by atoms with Crippen LogP contribution < -0.4 is 5.73 Å². The SMILES string of the molecule is NC(=O)c1cc(I)cc(C(F)(F)F)c1[N+](=O)[O-]. The second kappa shape index (κ2) is 4.47. The number of benzene rings is 1. The molecule has 0 aromatic heterocycles. The summed E-state index contributed by atoms with van der Waals surface area (Å²) in [6.07, 6.45) is -4.92. The number of halogens is 4. The Morgan fingerprint density at radius 1 is 1.41 bits per heavy atom. The van der Waals surface area contributed by atoms with E-state index >= 15 is 0 Å². The topological polar surface area (TPSA) is 86.2 Å². The normalized spacial score (nSPS) is 11.3. The Hall–Kier alpha value is -1.39. The van der Waals surface area contributed by atoms with Gasteiger partial charge in [0, 0.05) is 3.57 Å². The molecule has 2 N–H and O–H groups in total. The number of carbonyl (C=O) groups excluding carboxylic acids is 1. The molecule has 1 amide bonds. The van der Waals surface area contributed by atoms with Crippen molar-refractivity contribution in [3.8, 4) is 0 Å². The molecule has 0 saturated heterocycles. The van der Waals surface area contributed by atoms with Gasteiger partial charge >= 0.3 is 6.18 Å². The van der Waals surface area contributed by atoms with E-state index in [-0.39, 0.29) is 3.57 Å². The summed E-state index contributed by atoms with van der Waals surface area (Å²) in [4.78, 5) is 20.2. The van der Waals surface area contributed by atoms with Gasteiger partial charge in [0.2, 0.25) is 0 Å². The van der Waals surface area contributed by atoms with Gasteiger partial charge in [-0.05, 0) is 34.7 Å². The molecule has 92 valence electrons. The lowest BCUT2D eigenvalue weighted by Gasteiger charge is -2.10. The molecule has 0 radical (unpaired) electrons. The Balaban J connectivity index is 3.70. The summed E-state index contributed by atoms with van der Waals surface area (Å²) in [7, 11) is 0. The highest BCUT2D eigenvalue weighted by Gasteiger charge is 2.41. The Morgan fingerprint density at radius 2 is 1.94 bits per heavy atom. The molecule has 1 aromatic rings. The molecule has 5 nitrogen and oxygen atoms in total. The molecular formula is C8H4F3IN2O3. The fraction of sp³-hybridized carbons (Fsp3) is 0.125. The third kappa shape index (κ3) is 2.84. The molecule has 0 aliphatic carbocycles. The molecule has 0 heterocycles. The maximum Gasteiger partial charge on any atom is 0.423 e. The van der Waals surface area contributed by atoms with Crippen LogP contribution in [0.5, 0.6) is 0 Å². The van der Waals surface area contributed by atoms with Crippen LogP contribution in [0, 0.1) is 13.7 Å². The van der Waals surface area contributed by atoms with E-state index in [0.717, 1.165) is 6.07 Å². The van der Waals surface area contributed by atoms with Crippen molar-refractivity contribution < 1.29 is 22.9 Å². The Kier molecular flexibility index (Phi) is 3.59. The largest absolute Gasteiger partial charge is 0.423 e. The summed E-state index contributed by atoms with van der Waals surface area (Å²) in [5, 5.41) is 10.6. The smallest absolute Gasteiger partial charge is 0.365 e. The lowest BCUT2D eigenvalue weighted by atomic mass is 10.1. The summed E-state index contributed by atoms with van der Waals surface area (Å²) in [5.74, 6) is -1.28. The zero-order valence-electron chi connectivity index (χ0n) is 7.92. The first kappa shape index (κ1) is 13.7. The van der Waals surface area contributed by atoms with Crippen molar-refractivity contribution in [2.75, 3.05) is 0 Å². The summed E-state index contributed by atoms with van der Waals surface area (Å²) in [5.41, 5.74) is 1.27. The van der Waals surface area contributed by atoms with Gasteiger partial charge in [-0.1, -0.05) is 0 Å². The van der Waals surface area contributed by atoms with Crippen molar-refractivity contribution in [1.82, 2.24) is 0 Å². The highest BCUT2D eigenvalue weighted by atomic mass is 127. The van der Waals surface area contributed by atoms with Gasteiger partial charge in [0.05, 0.1) is 4.92 Å². The second-order valence-electron chi connectivity index (χ2n) is 2.97. The Labute approximate surface area is 106 Å². The van der Waals surface area contributed by atoms with Crippen molar-refractivity contribution in [3.05, 3.63) is 36.9 Å². The van der Waals surface area contributed by atoms with Gasteiger partial charge in [0.1, 0.15) is 11.1 Å². The van der Waals surface area contributed by atoms with Crippen LogP contribution in [-0.2, 0) is 6.18 Å². The molecule has 17 heavy (non-hydrogen) atoms. The summed E-state index contributed by atoms with van der Waals surface area (Å²) in [6.45, 7) is 0. The van der Waals surface area contributed by atoms with Crippen molar-refractivity contribution in [3.63, 3.8) is 0 Å². The van der Waals surface area contributed by atoms with Crippen LogP contribution in [-0.4, -0.2) is 10.8 Å². The molecule has 0 aliphatic heterocycles. The molecule has 0 saturated carbocycles. The number of nitro groups is 1. The van der Waals surface area contributed by atoms with Crippen molar-refractivity contribution in [2.24, 2.45) is 5.73 Å². The Morgan fingerprint density at radius 3 is 2.29 bits per heavy atom. The quantitative estimate of drug-likeness (QED) is 0.499. The van der Waals surface area contributed by atoms with Crippen LogP contribution >= 0.6 is 22.6 Å². The van der Waals surface area contributed by atoms with E-state index in [1.54, 1.807) is 0 Å². The third-order valence-corrected chi connectivity index (χ3v) is 2.45. The number of hydrogen-bond donors (Lipinski definition) is 1. The minimum Gasteiger partial charge on any atom is -0.365 e. The summed E-state index contributed by atoms with van der Waals surface area (Å²) in [6, 6.07) is 1.53. The van der Waals surface area contributed by atoms with Gasteiger partial charge in [-0.25, -0.2) is 0 Å². The molecule has 0 unspecified atom stereocenters. The summed E-state index contributed by atoms with van der Waals surface area (Å²) < 4.78 is 37.8. The van der Waals surface area contributed by atoms with Gasteiger partial charge < -0.3 is 5.73 Å². The number of rotatable bonds is 2. The molecule has 1 rings (SSSR count). The van der Waals surface area contributed by atoms with Crippen LogP contribution in [0.15, 0.2) is 12.1 Å². The monoisotopic (exact) mass is 360 g/mol. The van der Waals surface area contributed by atoms with Crippen LogP contribution in [0.3, 0.4) is 0 Å². The number of primary amides is 1. The molecule has 0 spiro atoms. The highest BCUT2D eigenvalue weighted by molar-refractivity contribution is 14.1. The standard InChI is InChI=1S/C8H4F3IN2O3/c9-8(10,11)5-2-3(12)1-4(7(13)15)6(5)14(16)17/h1-2H,(H2,13,15). The lowest BCUT2D eigenvalue weighted by Crippen LogP contribution is -2.18. The maximum atomic E-state index is 12.6. The van der Waals surface area contributed by atoms with Gasteiger partial charge in [0.15, 0.2) is 0 Å². The van der Waals surface area contributed by atoms with Crippen molar-refractivity contribution in [2.45, 2.75) is 6.18 Å².